The van der Waals surface area contributed by atoms with Crippen LogP contribution in [0.15, 0.2) is 0 Å². The molecule has 0 aliphatic heterocycles. The second-order valence-corrected chi connectivity index (χ2v) is 9.11. The van der Waals surface area contributed by atoms with Crippen LogP contribution in [-0.4, -0.2) is 30.6 Å². The van der Waals surface area contributed by atoms with Crippen molar-refractivity contribution in [1.29, 1.82) is 0 Å². The average molecular weight is 288 g/mol. The van der Waals surface area contributed by atoms with E-state index in [0.29, 0.717) is 12.3 Å². The maximum absolute atomic E-state index is 11.8. The van der Waals surface area contributed by atoms with Gasteiger partial charge >= 0.3 is 0 Å². The molecule has 1 N–H and O–H groups in total. The highest BCUT2D eigenvalue weighted by Crippen LogP contribution is 2.45. The molecule has 2 fully saturated rings. The van der Waals surface area contributed by atoms with Crippen molar-refractivity contribution in [3.05, 3.63) is 0 Å². The summed E-state index contributed by atoms with van der Waals surface area (Å²) in [7, 11) is -2.95. The normalized spacial score (nSPS) is 41.1. The van der Waals surface area contributed by atoms with Crippen LogP contribution in [0.1, 0.15) is 64.7 Å². The first-order valence-electron chi connectivity index (χ1n) is 7.76. The molecule has 0 saturated heterocycles. The topological polar surface area (TPSA) is 54.4 Å². The summed E-state index contributed by atoms with van der Waals surface area (Å²) in [6.07, 6.45) is 9.94. The summed E-state index contributed by atoms with van der Waals surface area (Å²) in [6.45, 7) is 2.19. The van der Waals surface area contributed by atoms with Crippen LogP contribution in [0.4, 0.5) is 0 Å². The molecule has 2 aliphatic rings. The standard InChI is InChI=1S/C15H28O3S/c1-3-12-6-5-9-15(16,11-12)13-7-4-8-14(10-13)19(2,17)18/h12-14,16H,3-11H2,1-2H3. The first-order valence-corrected chi connectivity index (χ1v) is 9.72. The highest BCUT2D eigenvalue weighted by Gasteiger charge is 2.43. The molecule has 2 rings (SSSR count). The molecule has 0 bridgehead atoms. The van der Waals surface area contributed by atoms with Crippen molar-refractivity contribution in [2.45, 2.75) is 75.6 Å². The largest absolute Gasteiger partial charge is 0.390 e. The van der Waals surface area contributed by atoms with Crippen molar-refractivity contribution in [1.82, 2.24) is 0 Å². The summed E-state index contributed by atoms with van der Waals surface area (Å²) in [6, 6.07) is 0. The van der Waals surface area contributed by atoms with Gasteiger partial charge in [-0.3, -0.25) is 0 Å². The van der Waals surface area contributed by atoms with E-state index < -0.39 is 15.4 Å². The maximum Gasteiger partial charge on any atom is 0.150 e. The minimum Gasteiger partial charge on any atom is -0.390 e. The Kier molecular flexibility index (Phi) is 4.61. The highest BCUT2D eigenvalue weighted by atomic mass is 32.2. The molecule has 0 amide bonds. The van der Waals surface area contributed by atoms with Gasteiger partial charge in [0.05, 0.1) is 10.9 Å². The van der Waals surface area contributed by atoms with Crippen molar-refractivity contribution in [2.75, 3.05) is 6.26 Å². The smallest absolute Gasteiger partial charge is 0.150 e. The first kappa shape index (κ1) is 15.3. The summed E-state index contributed by atoms with van der Waals surface area (Å²) in [4.78, 5) is 0. The van der Waals surface area contributed by atoms with Gasteiger partial charge in [0.25, 0.3) is 0 Å². The van der Waals surface area contributed by atoms with Gasteiger partial charge in [-0.1, -0.05) is 32.6 Å². The average Bonchev–Trinajstić information content (AvgIpc) is 2.38. The molecule has 2 aliphatic carbocycles. The zero-order valence-electron chi connectivity index (χ0n) is 12.3. The molecule has 3 nitrogen and oxygen atoms in total. The number of rotatable bonds is 3. The van der Waals surface area contributed by atoms with Crippen LogP contribution in [0.2, 0.25) is 0 Å². The fraction of sp³-hybridized carbons (Fsp3) is 1.00. The lowest BCUT2D eigenvalue weighted by Crippen LogP contribution is -2.46. The number of aliphatic hydroxyl groups is 1. The summed E-state index contributed by atoms with van der Waals surface area (Å²) in [5.41, 5.74) is -0.595. The molecule has 0 aromatic carbocycles. The molecular weight excluding hydrogens is 260 g/mol. The molecule has 2 saturated carbocycles. The van der Waals surface area contributed by atoms with Crippen LogP contribution < -0.4 is 0 Å². The number of hydrogen-bond acceptors (Lipinski definition) is 3. The summed E-state index contributed by atoms with van der Waals surface area (Å²) in [5, 5.41) is 10.8. The summed E-state index contributed by atoms with van der Waals surface area (Å²) < 4.78 is 23.5. The fourth-order valence-corrected chi connectivity index (χ4v) is 5.32. The van der Waals surface area contributed by atoms with Gasteiger partial charge in [-0.25, -0.2) is 8.42 Å². The van der Waals surface area contributed by atoms with Gasteiger partial charge in [-0.05, 0) is 43.9 Å². The van der Waals surface area contributed by atoms with Crippen LogP contribution in [0.5, 0.6) is 0 Å². The Morgan fingerprint density at radius 1 is 1.21 bits per heavy atom. The molecule has 0 heterocycles. The van der Waals surface area contributed by atoms with Gasteiger partial charge in [-0.2, -0.15) is 0 Å². The molecule has 4 unspecified atom stereocenters. The predicted molar refractivity (Wildman–Crippen MR) is 77.8 cm³/mol. The van der Waals surface area contributed by atoms with Gasteiger partial charge < -0.3 is 5.11 Å². The molecular formula is C15H28O3S. The lowest BCUT2D eigenvalue weighted by atomic mass is 9.66. The molecule has 4 atom stereocenters. The molecule has 0 aromatic heterocycles. The Labute approximate surface area is 117 Å². The van der Waals surface area contributed by atoms with Gasteiger partial charge in [0, 0.05) is 6.26 Å². The fourth-order valence-electron chi connectivity index (χ4n) is 4.14. The van der Waals surface area contributed by atoms with Crippen molar-refractivity contribution < 1.29 is 13.5 Å². The second-order valence-electron chi connectivity index (χ2n) is 6.79. The Morgan fingerprint density at radius 3 is 2.58 bits per heavy atom. The molecule has 112 valence electrons. The lowest BCUT2D eigenvalue weighted by Gasteiger charge is -2.45. The third-order valence-corrected chi connectivity index (χ3v) is 7.07. The van der Waals surface area contributed by atoms with E-state index in [1.54, 1.807) is 0 Å². The zero-order chi connectivity index (χ0) is 14.1. The van der Waals surface area contributed by atoms with E-state index in [4.69, 9.17) is 0 Å². The van der Waals surface area contributed by atoms with E-state index >= 15 is 0 Å². The lowest BCUT2D eigenvalue weighted by molar-refractivity contribution is -0.0758. The van der Waals surface area contributed by atoms with E-state index in [-0.39, 0.29) is 11.2 Å². The Hall–Kier alpha value is -0.0900. The third kappa shape index (κ3) is 3.52. The first-order chi connectivity index (χ1) is 8.85. The van der Waals surface area contributed by atoms with E-state index in [1.807, 2.05) is 0 Å². The van der Waals surface area contributed by atoms with Gasteiger partial charge in [-0.15, -0.1) is 0 Å². The second kappa shape index (κ2) is 5.72. The van der Waals surface area contributed by atoms with Crippen molar-refractivity contribution in [3.63, 3.8) is 0 Å². The highest BCUT2D eigenvalue weighted by molar-refractivity contribution is 7.91. The van der Waals surface area contributed by atoms with Crippen LogP contribution in [0.3, 0.4) is 0 Å². The van der Waals surface area contributed by atoms with Crippen LogP contribution in [0, 0.1) is 11.8 Å². The van der Waals surface area contributed by atoms with Crippen molar-refractivity contribution >= 4 is 9.84 Å². The molecule has 0 radical (unpaired) electrons. The Bertz CT molecular complexity index is 404. The Balaban J connectivity index is 2.07. The van der Waals surface area contributed by atoms with Crippen LogP contribution in [0.25, 0.3) is 0 Å². The van der Waals surface area contributed by atoms with Gasteiger partial charge in [0.2, 0.25) is 0 Å². The van der Waals surface area contributed by atoms with Crippen molar-refractivity contribution in [2.24, 2.45) is 11.8 Å². The van der Waals surface area contributed by atoms with E-state index in [2.05, 4.69) is 6.92 Å². The van der Waals surface area contributed by atoms with Crippen LogP contribution >= 0.6 is 0 Å². The predicted octanol–water partition coefficient (Wildman–Crippen LogP) is 2.92. The number of sulfone groups is 1. The minimum absolute atomic E-state index is 0.190. The van der Waals surface area contributed by atoms with Crippen LogP contribution in [-0.2, 0) is 9.84 Å². The van der Waals surface area contributed by atoms with E-state index in [9.17, 15) is 13.5 Å². The maximum atomic E-state index is 11.8. The summed E-state index contributed by atoms with van der Waals surface area (Å²) in [5.74, 6) is 0.813. The summed E-state index contributed by atoms with van der Waals surface area (Å²) >= 11 is 0. The molecule has 4 heteroatoms. The monoisotopic (exact) mass is 288 g/mol. The number of hydrogen-bond donors (Lipinski definition) is 1. The minimum atomic E-state index is -2.95. The van der Waals surface area contributed by atoms with Crippen molar-refractivity contribution in [3.8, 4) is 0 Å². The van der Waals surface area contributed by atoms with E-state index in [1.165, 1.54) is 12.7 Å². The quantitative estimate of drug-likeness (QED) is 0.868. The molecule has 0 aromatic rings. The zero-order valence-corrected chi connectivity index (χ0v) is 13.1. The van der Waals surface area contributed by atoms with Gasteiger partial charge in [0.15, 0.2) is 0 Å². The molecule has 0 spiro atoms. The SMILES string of the molecule is CCC1CCCC(O)(C2CCCC(S(C)(=O)=O)C2)C1. The Morgan fingerprint density at radius 2 is 1.95 bits per heavy atom. The molecule has 19 heavy (non-hydrogen) atoms. The van der Waals surface area contributed by atoms with Gasteiger partial charge in [0.1, 0.15) is 9.84 Å². The van der Waals surface area contributed by atoms with E-state index in [0.717, 1.165) is 44.9 Å². The third-order valence-electron chi connectivity index (χ3n) is 5.43.